The molecule has 0 spiro atoms. The predicted octanol–water partition coefficient (Wildman–Crippen LogP) is 4.06. The molecule has 2 heterocycles. The molecule has 0 saturated carbocycles. The van der Waals surface area contributed by atoms with Crippen LogP contribution in [0.3, 0.4) is 0 Å². The fourth-order valence-corrected chi connectivity index (χ4v) is 2.52. The molecule has 110 valence electrons. The maximum atomic E-state index is 5.31. The van der Waals surface area contributed by atoms with Crippen molar-refractivity contribution in [2.75, 3.05) is 10.6 Å². The van der Waals surface area contributed by atoms with Gasteiger partial charge in [0.05, 0.1) is 0 Å². The van der Waals surface area contributed by atoms with Crippen LogP contribution in [-0.2, 0) is 0 Å². The maximum Gasteiger partial charge on any atom is 0.176 e. The van der Waals surface area contributed by atoms with Crippen molar-refractivity contribution in [2.45, 2.75) is 13.8 Å². The highest BCUT2D eigenvalue weighted by Gasteiger charge is 2.05. The van der Waals surface area contributed by atoms with Crippen molar-refractivity contribution in [3.63, 3.8) is 0 Å². The Morgan fingerprint density at radius 1 is 0.955 bits per heavy atom. The van der Waals surface area contributed by atoms with E-state index in [1.165, 1.54) is 5.56 Å². The molecule has 3 aromatic rings. The molecular formula is C17H16N4S. The highest BCUT2D eigenvalue weighted by Crippen LogP contribution is 2.18. The minimum atomic E-state index is 0.502. The number of para-hydroxylation sites is 1. The molecule has 4 nitrogen and oxygen atoms in total. The van der Waals surface area contributed by atoms with Gasteiger partial charge < -0.3 is 10.6 Å². The number of aromatic nitrogens is 2. The lowest BCUT2D eigenvalue weighted by Crippen LogP contribution is -2.19. The standard InChI is InChI=1S/C17H16N4S/c1-11-10-12(2)18-16-14(11)8-9-15(20-16)21-17(22)19-13-6-4-3-5-7-13/h3-10H,1-2H3,(H2,18,19,20,21,22). The van der Waals surface area contributed by atoms with Crippen LogP contribution >= 0.6 is 12.2 Å². The first-order valence-corrected chi connectivity index (χ1v) is 7.41. The zero-order valence-electron chi connectivity index (χ0n) is 12.4. The summed E-state index contributed by atoms with van der Waals surface area (Å²) in [5, 5.41) is 7.77. The third-order valence-corrected chi connectivity index (χ3v) is 3.48. The van der Waals surface area contributed by atoms with Gasteiger partial charge >= 0.3 is 0 Å². The number of thiocarbonyl (C=S) groups is 1. The molecule has 0 saturated heterocycles. The summed E-state index contributed by atoms with van der Waals surface area (Å²) < 4.78 is 0. The van der Waals surface area contributed by atoms with Crippen LogP contribution in [0, 0.1) is 13.8 Å². The zero-order chi connectivity index (χ0) is 15.5. The minimum absolute atomic E-state index is 0.502. The summed E-state index contributed by atoms with van der Waals surface area (Å²) in [4.78, 5) is 9.00. The maximum absolute atomic E-state index is 5.31. The van der Waals surface area contributed by atoms with Crippen LogP contribution < -0.4 is 10.6 Å². The Morgan fingerprint density at radius 3 is 2.50 bits per heavy atom. The predicted molar refractivity (Wildman–Crippen MR) is 95.3 cm³/mol. The van der Waals surface area contributed by atoms with E-state index in [4.69, 9.17) is 12.2 Å². The number of anilines is 2. The number of nitrogens with one attached hydrogen (secondary N) is 2. The second kappa shape index (κ2) is 6.07. The van der Waals surface area contributed by atoms with Gasteiger partial charge in [-0.25, -0.2) is 9.97 Å². The highest BCUT2D eigenvalue weighted by atomic mass is 32.1. The summed E-state index contributed by atoms with van der Waals surface area (Å²) in [7, 11) is 0. The molecular weight excluding hydrogens is 292 g/mol. The van der Waals surface area contributed by atoms with Gasteiger partial charge in [0, 0.05) is 16.8 Å². The van der Waals surface area contributed by atoms with Crippen LogP contribution in [0.4, 0.5) is 11.5 Å². The van der Waals surface area contributed by atoms with Gasteiger partial charge in [0.1, 0.15) is 5.82 Å². The molecule has 0 aliphatic rings. The Hall–Kier alpha value is -2.53. The number of hydrogen-bond acceptors (Lipinski definition) is 3. The summed E-state index contributed by atoms with van der Waals surface area (Å²) in [6.07, 6.45) is 0. The van der Waals surface area contributed by atoms with Crippen LogP contribution in [0.25, 0.3) is 11.0 Å². The number of fused-ring (bicyclic) bond motifs is 1. The van der Waals surface area contributed by atoms with Crippen LogP contribution in [0.5, 0.6) is 0 Å². The molecule has 2 N–H and O–H groups in total. The van der Waals surface area contributed by atoms with Crippen LogP contribution in [0.1, 0.15) is 11.3 Å². The highest BCUT2D eigenvalue weighted by molar-refractivity contribution is 7.80. The van der Waals surface area contributed by atoms with Gasteiger partial charge in [-0.05, 0) is 62.0 Å². The molecule has 0 bridgehead atoms. The molecule has 2 aromatic heterocycles. The summed E-state index contributed by atoms with van der Waals surface area (Å²) in [6, 6.07) is 15.8. The normalized spacial score (nSPS) is 10.5. The second-order valence-electron chi connectivity index (χ2n) is 5.09. The number of benzene rings is 1. The van der Waals surface area contributed by atoms with Crippen molar-refractivity contribution in [1.29, 1.82) is 0 Å². The molecule has 0 fully saturated rings. The molecule has 5 heteroatoms. The SMILES string of the molecule is Cc1cc(C)c2ccc(NC(=S)Nc3ccccc3)nc2n1. The Bertz CT molecular complexity index is 831. The molecule has 1 aromatic carbocycles. The van der Waals surface area contributed by atoms with E-state index in [0.29, 0.717) is 10.9 Å². The molecule has 0 unspecified atom stereocenters. The minimum Gasteiger partial charge on any atom is -0.332 e. The Kier molecular flexibility index (Phi) is 3.98. The number of nitrogens with zero attached hydrogens (tertiary/aromatic N) is 2. The van der Waals surface area contributed by atoms with Gasteiger partial charge in [0.25, 0.3) is 0 Å². The number of pyridine rings is 2. The van der Waals surface area contributed by atoms with Crippen molar-refractivity contribution in [3.05, 3.63) is 59.8 Å². The molecule has 0 aliphatic carbocycles. The number of rotatable bonds is 2. The largest absolute Gasteiger partial charge is 0.332 e. The van der Waals surface area contributed by atoms with E-state index in [9.17, 15) is 0 Å². The third kappa shape index (κ3) is 3.20. The van der Waals surface area contributed by atoms with Gasteiger partial charge in [-0.3, -0.25) is 0 Å². The van der Waals surface area contributed by atoms with E-state index in [0.717, 1.165) is 22.4 Å². The molecule has 0 amide bonds. The molecule has 22 heavy (non-hydrogen) atoms. The lowest BCUT2D eigenvalue weighted by Gasteiger charge is -2.11. The molecule has 0 aliphatic heterocycles. The average molecular weight is 308 g/mol. The van der Waals surface area contributed by atoms with Gasteiger partial charge in [0.2, 0.25) is 0 Å². The summed E-state index contributed by atoms with van der Waals surface area (Å²) in [5.41, 5.74) is 3.79. The third-order valence-electron chi connectivity index (χ3n) is 3.28. The van der Waals surface area contributed by atoms with E-state index in [2.05, 4.69) is 33.6 Å². The fraction of sp³-hybridized carbons (Fsp3) is 0.118. The Balaban J connectivity index is 1.80. The van der Waals surface area contributed by atoms with E-state index in [1.54, 1.807) is 0 Å². The summed E-state index contributed by atoms with van der Waals surface area (Å²) in [5.74, 6) is 0.679. The van der Waals surface area contributed by atoms with Gasteiger partial charge in [-0.1, -0.05) is 18.2 Å². The van der Waals surface area contributed by atoms with Crippen LogP contribution in [0.2, 0.25) is 0 Å². The first-order valence-electron chi connectivity index (χ1n) is 7.00. The smallest absolute Gasteiger partial charge is 0.176 e. The molecule has 3 rings (SSSR count). The first kappa shape index (κ1) is 14.4. The molecule has 0 atom stereocenters. The van der Waals surface area contributed by atoms with Crippen molar-refractivity contribution >= 4 is 39.9 Å². The summed E-state index contributed by atoms with van der Waals surface area (Å²) >= 11 is 5.31. The first-order chi connectivity index (χ1) is 10.6. The van der Waals surface area contributed by atoms with E-state index in [-0.39, 0.29) is 0 Å². The van der Waals surface area contributed by atoms with Crippen molar-refractivity contribution in [1.82, 2.24) is 9.97 Å². The second-order valence-corrected chi connectivity index (χ2v) is 5.50. The zero-order valence-corrected chi connectivity index (χ0v) is 13.2. The lowest BCUT2D eigenvalue weighted by atomic mass is 10.1. The summed E-state index contributed by atoms with van der Waals surface area (Å²) in [6.45, 7) is 4.03. The van der Waals surface area contributed by atoms with Crippen LogP contribution in [0.15, 0.2) is 48.5 Å². The van der Waals surface area contributed by atoms with E-state index >= 15 is 0 Å². The van der Waals surface area contributed by atoms with Gasteiger partial charge in [0.15, 0.2) is 10.8 Å². The molecule has 0 radical (unpaired) electrons. The van der Waals surface area contributed by atoms with Crippen molar-refractivity contribution in [3.8, 4) is 0 Å². The van der Waals surface area contributed by atoms with Crippen molar-refractivity contribution < 1.29 is 0 Å². The quantitative estimate of drug-likeness (QED) is 0.699. The van der Waals surface area contributed by atoms with Crippen molar-refractivity contribution in [2.24, 2.45) is 0 Å². The van der Waals surface area contributed by atoms with Gasteiger partial charge in [-0.15, -0.1) is 0 Å². The Morgan fingerprint density at radius 2 is 1.73 bits per heavy atom. The lowest BCUT2D eigenvalue weighted by molar-refractivity contribution is 1.19. The van der Waals surface area contributed by atoms with Gasteiger partial charge in [-0.2, -0.15) is 0 Å². The van der Waals surface area contributed by atoms with E-state index in [1.807, 2.05) is 49.4 Å². The topological polar surface area (TPSA) is 49.8 Å². The monoisotopic (exact) mass is 308 g/mol. The Labute approximate surface area is 134 Å². The van der Waals surface area contributed by atoms with Crippen LogP contribution in [-0.4, -0.2) is 15.1 Å². The number of hydrogen-bond donors (Lipinski definition) is 2. The number of aryl methyl sites for hydroxylation is 2. The average Bonchev–Trinajstić information content (AvgIpc) is 2.47. The van der Waals surface area contributed by atoms with E-state index < -0.39 is 0 Å². The fourth-order valence-electron chi connectivity index (χ4n) is 2.30.